The zero-order valence-corrected chi connectivity index (χ0v) is 15.0. The van der Waals surface area contributed by atoms with Gasteiger partial charge in [-0.1, -0.05) is 19.3 Å². The van der Waals surface area contributed by atoms with Crippen LogP contribution >= 0.6 is 12.4 Å². The maximum atomic E-state index is 13.7. The van der Waals surface area contributed by atoms with Gasteiger partial charge in [0.25, 0.3) is 0 Å². The molecule has 1 aromatic rings. The van der Waals surface area contributed by atoms with Gasteiger partial charge in [0.15, 0.2) is 11.6 Å². The van der Waals surface area contributed by atoms with Crippen molar-refractivity contribution in [2.75, 3.05) is 13.1 Å². The molecule has 0 bridgehead atoms. The highest BCUT2D eigenvalue weighted by Crippen LogP contribution is 2.29. The minimum Gasteiger partial charge on any atom is -0.487 e. The molecular formula is C18H25ClF2N2O2. The number of hydrogen-bond donors (Lipinski definition) is 1. The van der Waals surface area contributed by atoms with Crippen LogP contribution in [0.4, 0.5) is 8.78 Å². The topological polar surface area (TPSA) is 55.6 Å². The summed E-state index contributed by atoms with van der Waals surface area (Å²) < 4.78 is 32.2. The van der Waals surface area contributed by atoms with E-state index in [0.29, 0.717) is 25.9 Å². The third-order valence-electron chi connectivity index (χ3n) is 5.09. The Morgan fingerprint density at radius 2 is 1.80 bits per heavy atom. The van der Waals surface area contributed by atoms with E-state index in [4.69, 9.17) is 10.5 Å². The standard InChI is InChI=1S/C18H24F2N2O2.ClH/c19-13-4-5-16(15(20)12-13)24-14-6-10-22(11-7-14)17(23)18(21)8-2-1-3-9-18;/h4-5,12,14H,1-3,6-11,21H2;1H. The van der Waals surface area contributed by atoms with Crippen molar-refractivity contribution in [3.05, 3.63) is 29.8 Å². The number of nitrogens with two attached hydrogens (primary N) is 1. The number of rotatable bonds is 3. The number of amides is 1. The number of benzene rings is 1. The number of piperidine rings is 1. The van der Waals surface area contributed by atoms with Gasteiger partial charge in [-0.15, -0.1) is 12.4 Å². The summed E-state index contributed by atoms with van der Waals surface area (Å²) in [6, 6.07) is 3.30. The minimum absolute atomic E-state index is 0. The van der Waals surface area contributed by atoms with Gasteiger partial charge in [0.2, 0.25) is 5.91 Å². The van der Waals surface area contributed by atoms with Gasteiger partial charge in [0.1, 0.15) is 11.9 Å². The third-order valence-corrected chi connectivity index (χ3v) is 5.09. The first-order chi connectivity index (χ1) is 11.5. The Hall–Kier alpha value is -1.40. The molecule has 1 heterocycles. The van der Waals surface area contributed by atoms with Crippen LogP contribution in [0.25, 0.3) is 0 Å². The summed E-state index contributed by atoms with van der Waals surface area (Å²) in [7, 11) is 0. The summed E-state index contributed by atoms with van der Waals surface area (Å²) in [4.78, 5) is 14.5. The van der Waals surface area contributed by atoms with Gasteiger partial charge in [0, 0.05) is 32.0 Å². The Labute approximate surface area is 153 Å². The minimum atomic E-state index is -0.713. The smallest absolute Gasteiger partial charge is 0.242 e. The number of hydrogen-bond acceptors (Lipinski definition) is 3. The molecule has 0 radical (unpaired) electrons. The molecule has 1 amide bonds. The molecule has 140 valence electrons. The van der Waals surface area contributed by atoms with Crippen LogP contribution in [-0.2, 0) is 4.79 Å². The van der Waals surface area contributed by atoms with E-state index < -0.39 is 17.2 Å². The average Bonchev–Trinajstić information content (AvgIpc) is 2.58. The number of likely N-dealkylation sites (tertiary alicyclic amines) is 1. The monoisotopic (exact) mass is 374 g/mol. The van der Waals surface area contributed by atoms with Crippen LogP contribution in [0.1, 0.15) is 44.9 Å². The van der Waals surface area contributed by atoms with E-state index in [1.807, 2.05) is 4.90 Å². The number of carbonyl (C=O) groups is 1. The molecule has 4 nitrogen and oxygen atoms in total. The van der Waals surface area contributed by atoms with Gasteiger partial charge >= 0.3 is 0 Å². The second-order valence-electron chi connectivity index (χ2n) is 6.90. The lowest BCUT2D eigenvalue weighted by Gasteiger charge is -2.40. The first-order valence-corrected chi connectivity index (χ1v) is 8.68. The molecule has 1 saturated heterocycles. The van der Waals surface area contributed by atoms with Crippen LogP contribution in [-0.4, -0.2) is 35.5 Å². The molecule has 1 aromatic carbocycles. The second kappa shape index (κ2) is 8.32. The quantitative estimate of drug-likeness (QED) is 0.882. The van der Waals surface area contributed by atoms with Gasteiger partial charge in [0.05, 0.1) is 5.54 Å². The van der Waals surface area contributed by atoms with Crippen LogP contribution < -0.4 is 10.5 Å². The highest BCUT2D eigenvalue weighted by Gasteiger charge is 2.39. The van der Waals surface area contributed by atoms with Crippen molar-refractivity contribution in [3.8, 4) is 5.75 Å². The first kappa shape index (κ1) is 19.9. The first-order valence-electron chi connectivity index (χ1n) is 8.68. The van der Waals surface area contributed by atoms with Gasteiger partial charge < -0.3 is 15.4 Å². The Morgan fingerprint density at radius 3 is 2.40 bits per heavy atom. The predicted molar refractivity (Wildman–Crippen MR) is 93.8 cm³/mol. The van der Waals surface area contributed by atoms with Gasteiger partial charge in [-0.3, -0.25) is 4.79 Å². The van der Waals surface area contributed by atoms with E-state index in [1.54, 1.807) is 0 Å². The largest absolute Gasteiger partial charge is 0.487 e. The molecule has 1 aliphatic heterocycles. The molecule has 0 unspecified atom stereocenters. The van der Waals surface area contributed by atoms with Crippen molar-refractivity contribution in [2.24, 2.45) is 5.73 Å². The molecule has 25 heavy (non-hydrogen) atoms. The highest BCUT2D eigenvalue weighted by atomic mass is 35.5. The highest BCUT2D eigenvalue weighted by molar-refractivity contribution is 5.86. The van der Waals surface area contributed by atoms with E-state index in [2.05, 4.69) is 0 Å². The number of halogens is 3. The fraction of sp³-hybridized carbons (Fsp3) is 0.611. The van der Waals surface area contributed by atoms with Crippen molar-refractivity contribution < 1.29 is 18.3 Å². The lowest BCUT2D eigenvalue weighted by atomic mass is 9.81. The maximum Gasteiger partial charge on any atom is 0.242 e. The fourth-order valence-corrected chi connectivity index (χ4v) is 3.64. The van der Waals surface area contributed by atoms with Gasteiger partial charge in [-0.2, -0.15) is 0 Å². The normalized spacial score (nSPS) is 20.7. The summed E-state index contributed by atoms with van der Waals surface area (Å²) in [5.41, 5.74) is 5.60. The van der Waals surface area contributed by atoms with Crippen molar-refractivity contribution in [1.82, 2.24) is 4.90 Å². The molecule has 0 atom stereocenters. The number of ether oxygens (including phenoxy) is 1. The van der Waals surface area contributed by atoms with E-state index in [-0.39, 0.29) is 30.2 Å². The molecule has 0 aromatic heterocycles. The van der Waals surface area contributed by atoms with E-state index >= 15 is 0 Å². The van der Waals surface area contributed by atoms with Gasteiger partial charge in [-0.05, 0) is 25.0 Å². The van der Waals surface area contributed by atoms with Crippen LogP contribution in [0.3, 0.4) is 0 Å². The maximum absolute atomic E-state index is 13.7. The van der Waals surface area contributed by atoms with Crippen molar-refractivity contribution in [1.29, 1.82) is 0 Å². The summed E-state index contributed by atoms with van der Waals surface area (Å²) >= 11 is 0. The Morgan fingerprint density at radius 1 is 1.16 bits per heavy atom. The van der Waals surface area contributed by atoms with Crippen molar-refractivity contribution >= 4 is 18.3 Å². The van der Waals surface area contributed by atoms with E-state index in [0.717, 1.165) is 38.2 Å². The van der Waals surface area contributed by atoms with Crippen LogP contribution in [0, 0.1) is 11.6 Å². The Kier molecular flexibility index (Phi) is 6.63. The lowest BCUT2D eigenvalue weighted by molar-refractivity contribution is -0.140. The number of nitrogens with zero attached hydrogens (tertiary/aromatic N) is 1. The zero-order valence-electron chi connectivity index (χ0n) is 14.2. The molecule has 1 aliphatic carbocycles. The second-order valence-corrected chi connectivity index (χ2v) is 6.90. The molecule has 1 saturated carbocycles. The fourth-order valence-electron chi connectivity index (χ4n) is 3.64. The van der Waals surface area contributed by atoms with Crippen LogP contribution in [0.15, 0.2) is 18.2 Å². The predicted octanol–water partition coefficient (Wildman–Crippen LogP) is 3.42. The molecule has 0 spiro atoms. The van der Waals surface area contributed by atoms with Crippen LogP contribution in [0.2, 0.25) is 0 Å². The Balaban J connectivity index is 0.00000225. The average molecular weight is 375 g/mol. The summed E-state index contributed by atoms with van der Waals surface area (Å²) in [6.45, 7) is 1.12. The summed E-state index contributed by atoms with van der Waals surface area (Å²) in [6.07, 6.45) is 5.74. The van der Waals surface area contributed by atoms with Crippen molar-refractivity contribution in [2.45, 2.75) is 56.6 Å². The molecule has 3 rings (SSSR count). The zero-order chi connectivity index (χ0) is 17.2. The summed E-state index contributed by atoms with van der Waals surface area (Å²) in [5.74, 6) is -1.23. The molecule has 2 N–H and O–H groups in total. The lowest BCUT2D eigenvalue weighted by Crippen LogP contribution is -2.58. The van der Waals surface area contributed by atoms with E-state index in [9.17, 15) is 13.6 Å². The van der Waals surface area contributed by atoms with Crippen molar-refractivity contribution in [3.63, 3.8) is 0 Å². The SMILES string of the molecule is Cl.NC1(C(=O)N2CCC(Oc3ccc(F)cc3F)CC2)CCCCC1. The Bertz CT molecular complexity index is 601. The number of carbonyl (C=O) groups excluding carboxylic acids is 1. The molecule has 2 fully saturated rings. The molecule has 2 aliphatic rings. The molecular weight excluding hydrogens is 350 g/mol. The van der Waals surface area contributed by atoms with Crippen LogP contribution in [0.5, 0.6) is 5.75 Å². The third kappa shape index (κ3) is 4.61. The van der Waals surface area contributed by atoms with E-state index in [1.165, 1.54) is 12.1 Å². The molecule has 7 heteroatoms. The summed E-state index contributed by atoms with van der Waals surface area (Å²) in [5, 5.41) is 0. The van der Waals surface area contributed by atoms with Gasteiger partial charge in [-0.25, -0.2) is 8.78 Å².